The van der Waals surface area contributed by atoms with E-state index < -0.39 is 20.0 Å². The van der Waals surface area contributed by atoms with Gasteiger partial charge in [-0.3, -0.25) is 0 Å². The average molecular weight is 407 g/mol. The zero-order valence-corrected chi connectivity index (χ0v) is 17.6. The van der Waals surface area contributed by atoms with Crippen LogP contribution in [0.1, 0.15) is 24.0 Å². The molecule has 152 valence electrons. The summed E-state index contributed by atoms with van der Waals surface area (Å²) in [6.07, 6.45) is 4.70. The lowest BCUT2D eigenvalue weighted by molar-refractivity contribution is -0.137. The molecule has 4 rings (SSSR count). The largest absolute Gasteiger partial charge is 0.416 e. The van der Waals surface area contributed by atoms with Crippen LogP contribution in [0.4, 0.5) is 13.2 Å². The third-order valence-corrected chi connectivity index (χ3v) is 11.7. The van der Waals surface area contributed by atoms with Crippen LogP contribution >= 0.6 is 0 Å². The van der Waals surface area contributed by atoms with Gasteiger partial charge in [0.25, 0.3) is 0 Å². The van der Waals surface area contributed by atoms with Gasteiger partial charge in [-0.1, -0.05) is 49.9 Å². The minimum absolute atomic E-state index is 0.432. The number of benzene rings is 1. The van der Waals surface area contributed by atoms with Gasteiger partial charge in [0.05, 0.1) is 5.56 Å². The lowest BCUT2D eigenvalue weighted by Gasteiger charge is -2.45. The number of nitrogens with zero attached hydrogens (tertiary/aromatic N) is 1. The molecule has 1 aromatic rings. The summed E-state index contributed by atoms with van der Waals surface area (Å²) in [4.78, 5) is 0. The highest BCUT2D eigenvalue weighted by Crippen LogP contribution is 2.54. The molecular formula is C22H29F3N2Si. The molecular weight excluding hydrogens is 377 g/mol. The molecule has 0 aromatic heterocycles. The summed E-state index contributed by atoms with van der Waals surface area (Å²) < 4.78 is 41.5. The van der Waals surface area contributed by atoms with Crippen molar-refractivity contribution in [1.29, 1.82) is 0 Å². The number of hydrogen-bond donors (Lipinski definition) is 1. The summed E-state index contributed by atoms with van der Waals surface area (Å²) in [5.41, 5.74) is 2.28. The number of halogens is 3. The number of fused-ring (bicyclic) bond motifs is 1. The fourth-order valence-electron chi connectivity index (χ4n) is 5.53. The minimum Gasteiger partial charge on any atom is -0.321 e. The van der Waals surface area contributed by atoms with Gasteiger partial charge in [-0.2, -0.15) is 13.2 Å². The molecule has 28 heavy (non-hydrogen) atoms. The zero-order valence-electron chi connectivity index (χ0n) is 16.6. The lowest BCUT2D eigenvalue weighted by atomic mass is 9.81. The van der Waals surface area contributed by atoms with E-state index in [2.05, 4.69) is 41.2 Å². The molecule has 0 bridgehead atoms. The Balaban J connectivity index is 1.55. The Morgan fingerprint density at radius 3 is 2.36 bits per heavy atom. The molecule has 2 aliphatic carbocycles. The molecule has 0 radical (unpaired) electrons. The van der Waals surface area contributed by atoms with Crippen molar-refractivity contribution in [3.63, 3.8) is 0 Å². The summed E-state index contributed by atoms with van der Waals surface area (Å²) in [6, 6.07) is 5.73. The number of hydrogen-bond acceptors (Lipinski definition) is 2. The van der Waals surface area contributed by atoms with Gasteiger partial charge >= 0.3 is 6.18 Å². The van der Waals surface area contributed by atoms with Crippen LogP contribution in [0, 0.1) is 11.8 Å². The minimum atomic E-state index is -4.28. The number of allylic oxidation sites excluding steroid dienone is 4. The van der Waals surface area contributed by atoms with Gasteiger partial charge < -0.3 is 9.88 Å². The van der Waals surface area contributed by atoms with E-state index in [4.69, 9.17) is 0 Å². The van der Waals surface area contributed by atoms with E-state index >= 15 is 0 Å². The Labute approximate surface area is 166 Å². The predicted octanol–water partition coefficient (Wildman–Crippen LogP) is 5.17. The smallest absolute Gasteiger partial charge is 0.321 e. The molecule has 1 aliphatic heterocycles. The van der Waals surface area contributed by atoms with Crippen molar-refractivity contribution in [2.75, 3.05) is 26.2 Å². The zero-order chi connectivity index (χ0) is 19.9. The molecule has 3 atom stereocenters. The second kappa shape index (κ2) is 7.47. The molecule has 1 heterocycles. The molecule has 1 saturated heterocycles. The van der Waals surface area contributed by atoms with E-state index in [1.807, 2.05) is 0 Å². The highest BCUT2D eigenvalue weighted by Gasteiger charge is 2.48. The first-order valence-electron chi connectivity index (χ1n) is 10.3. The van der Waals surface area contributed by atoms with E-state index in [0.717, 1.165) is 38.2 Å². The summed E-state index contributed by atoms with van der Waals surface area (Å²) in [5.74, 6) is 0.945. The number of alkyl halides is 3. The van der Waals surface area contributed by atoms with Crippen LogP contribution in [0.2, 0.25) is 18.6 Å². The van der Waals surface area contributed by atoms with Crippen molar-refractivity contribution >= 4 is 13.8 Å². The van der Waals surface area contributed by atoms with Crippen LogP contribution in [0.25, 0.3) is 5.57 Å². The molecule has 1 aromatic carbocycles. The fraction of sp³-hybridized carbons (Fsp3) is 0.545. The van der Waals surface area contributed by atoms with Gasteiger partial charge in [0.1, 0.15) is 8.24 Å². The average Bonchev–Trinajstić information content (AvgIpc) is 3.13. The highest BCUT2D eigenvalue weighted by molar-refractivity contribution is 6.76. The maximum absolute atomic E-state index is 12.9. The second-order valence-corrected chi connectivity index (χ2v) is 13.5. The molecule has 1 saturated carbocycles. The molecule has 3 unspecified atom stereocenters. The predicted molar refractivity (Wildman–Crippen MR) is 110 cm³/mol. The lowest BCUT2D eigenvalue weighted by Crippen LogP contribution is -2.59. The second-order valence-electron chi connectivity index (χ2n) is 8.84. The SMILES string of the molecule is C[Si](C)(C1CCC2C(c3ccc(C(F)(F)F)cc3)=CC=CC21)N1CCNCC1. The van der Waals surface area contributed by atoms with Gasteiger partial charge in [-0.05, 0) is 47.1 Å². The fourth-order valence-corrected chi connectivity index (χ4v) is 9.53. The molecule has 2 fully saturated rings. The third kappa shape index (κ3) is 3.62. The van der Waals surface area contributed by atoms with Crippen molar-refractivity contribution < 1.29 is 13.2 Å². The Bertz CT molecular complexity index is 761. The van der Waals surface area contributed by atoms with Gasteiger partial charge in [0.15, 0.2) is 0 Å². The van der Waals surface area contributed by atoms with Crippen molar-refractivity contribution in [3.05, 3.63) is 53.6 Å². The third-order valence-electron chi connectivity index (χ3n) is 7.11. The number of rotatable bonds is 3. The Morgan fingerprint density at radius 2 is 1.71 bits per heavy atom. The normalized spacial score (nSPS) is 28.9. The standard InChI is InChI=1S/C22H29F3N2Si/c1-28(2,27-14-12-26-13-15-27)21-11-10-19-18(4-3-5-20(19)21)16-6-8-17(9-7-16)22(23,24)25/h3-9,19-21,26H,10-15H2,1-2H3. The van der Waals surface area contributed by atoms with Crippen molar-refractivity contribution in [2.45, 2.75) is 37.7 Å². The van der Waals surface area contributed by atoms with Gasteiger partial charge in [-0.15, -0.1) is 0 Å². The first kappa shape index (κ1) is 19.9. The van der Waals surface area contributed by atoms with Gasteiger partial charge in [-0.25, -0.2) is 0 Å². The molecule has 0 amide bonds. The van der Waals surface area contributed by atoms with E-state index in [1.165, 1.54) is 24.1 Å². The van der Waals surface area contributed by atoms with Crippen molar-refractivity contribution in [2.24, 2.45) is 11.8 Å². The van der Waals surface area contributed by atoms with Crippen LogP contribution in [0.5, 0.6) is 0 Å². The Hall–Kier alpha value is -1.37. The summed E-state index contributed by atoms with van der Waals surface area (Å²) >= 11 is 0. The van der Waals surface area contributed by atoms with Crippen LogP contribution < -0.4 is 5.32 Å². The number of piperazine rings is 1. The summed E-state index contributed by atoms with van der Waals surface area (Å²) in [5, 5.41) is 3.45. The Kier molecular flexibility index (Phi) is 5.31. The molecule has 3 aliphatic rings. The molecule has 6 heteroatoms. The highest BCUT2D eigenvalue weighted by atomic mass is 28.3. The monoisotopic (exact) mass is 406 g/mol. The first-order valence-corrected chi connectivity index (χ1v) is 13.3. The molecule has 2 nitrogen and oxygen atoms in total. The van der Waals surface area contributed by atoms with Crippen molar-refractivity contribution in [3.8, 4) is 0 Å². The molecule has 1 N–H and O–H groups in total. The maximum Gasteiger partial charge on any atom is 0.416 e. The van der Waals surface area contributed by atoms with Gasteiger partial charge in [0, 0.05) is 26.2 Å². The van der Waals surface area contributed by atoms with Gasteiger partial charge in [0.2, 0.25) is 0 Å². The quantitative estimate of drug-likeness (QED) is 0.697. The van der Waals surface area contributed by atoms with E-state index in [-0.39, 0.29) is 0 Å². The number of nitrogens with one attached hydrogen (secondary N) is 1. The van der Waals surface area contributed by atoms with E-state index in [9.17, 15) is 13.2 Å². The van der Waals surface area contributed by atoms with Crippen LogP contribution in [-0.2, 0) is 6.18 Å². The van der Waals surface area contributed by atoms with Crippen LogP contribution in [-0.4, -0.2) is 39.0 Å². The van der Waals surface area contributed by atoms with Crippen LogP contribution in [0.15, 0.2) is 42.5 Å². The summed E-state index contributed by atoms with van der Waals surface area (Å²) in [6.45, 7) is 9.44. The first-order chi connectivity index (χ1) is 13.3. The van der Waals surface area contributed by atoms with E-state index in [1.54, 1.807) is 12.1 Å². The summed E-state index contributed by atoms with van der Waals surface area (Å²) in [7, 11) is -1.58. The van der Waals surface area contributed by atoms with Crippen LogP contribution in [0.3, 0.4) is 0 Å². The molecule has 0 spiro atoms. The maximum atomic E-state index is 12.9. The van der Waals surface area contributed by atoms with Crippen molar-refractivity contribution in [1.82, 2.24) is 9.88 Å². The van der Waals surface area contributed by atoms with E-state index in [0.29, 0.717) is 17.4 Å². The topological polar surface area (TPSA) is 15.3 Å². The Morgan fingerprint density at radius 1 is 1.04 bits per heavy atom.